The number of phenolic OH excluding ortho intramolecular Hbond substituents is 1. The number of fused-ring (bicyclic) bond motifs is 2. The van der Waals surface area contributed by atoms with Crippen molar-refractivity contribution < 1.29 is 55.5 Å². The zero-order valence-corrected chi connectivity index (χ0v) is 46.9. The second kappa shape index (κ2) is 26.1. The molecule has 0 bridgehead atoms. The largest absolute Gasteiger partial charge is 2.00 e. The molecule has 0 saturated carbocycles. The van der Waals surface area contributed by atoms with Gasteiger partial charge in [0.1, 0.15) is 38.4 Å². The number of aryl methyl sites for hydroxylation is 2. The topological polar surface area (TPSA) is 284 Å². The minimum atomic E-state index is -4.62. The van der Waals surface area contributed by atoms with Gasteiger partial charge in [0.05, 0.1) is 40.2 Å². The number of hydrogen-bond donors (Lipinski definition) is 4. The quantitative estimate of drug-likeness (QED) is 0.0231. The summed E-state index contributed by atoms with van der Waals surface area (Å²) in [6.45, 7) is 8.21. The van der Waals surface area contributed by atoms with Crippen molar-refractivity contribution in [1.29, 1.82) is 0 Å². The maximum Gasteiger partial charge on any atom is 2.00 e. The van der Waals surface area contributed by atoms with Crippen LogP contribution in [-0.2, 0) is 33.1 Å². The van der Waals surface area contributed by atoms with Crippen molar-refractivity contribution >= 4 is 149 Å². The molecule has 0 heterocycles. The van der Waals surface area contributed by atoms with E-state index >= 15 is 0 Å². The zero-order valence-electron chi connectivity index (χ0n) is 41.6. The van der Waals surface area contributed by atoms with E-state index in [9.17, 15) is 46.1 Å². The van der Waals surface area contributed by atoms with Gasteiger partial charge < -0.3 is 30.1 Å². The van der Waals surface area contributed by atoms with Crippen molar-refractivity contribution in [2.24, 2.45) is 25.4 Å². The molecule has 23 heteroatoms. The summed E-state index contributed by atoms with van der Waals surface area (Å²) in [7, 11) is -9.23. The van der Waals surface area contributed by atoms with Crippen LogP contribution in [0.2, 0.25) is 10.0 Å². The molecule has 392 valence electrons. The Hall–Kier alpha value is -6.72. The van der Waals surface area contributed by atoms with Crippen LogP contribution in [0.4, 0.5) is 34.1 Å². The number of carbonyl (C=O) groups is 1. The molecular formula is C54H46CaCl2N6O12S2. The van der Waals surface area contributed by atoms with Crippen LogP contribution in [0.15, 0.2) is 169 Å². The van der Waals surface area contributed by atoms with E-state index in [0.717, 1.165) is 0 Å². The summed E-state index contributed by atoms with van der Waals surface area (Å²) in [5, 5.41) is 58.5. The fraction of sp³-hybridized carbons (Fsp3) is 0.148. The zero-order chi connectivity index (χ0) is 54.9. The van der Waals surface area contributed by atoms with Crippen LogP contribution in [0.1, 0.15) is 54.7 Å². The van der Waals surface area contributed by atoms with Crippen molar-refractivity contribution in [1.82, 2.24) is 0 Å². The van der Waals surface area contributed by atoms with Crippen molar-refractivity contribution in [2.75, 3.05) is 18.5 Å². The minimum absolute atomic E-state index is 0. The van der Waals surface area contributed by atoms with Crippen molar-refractivity contribution in [3.05, 3.63) is 166 Å². The Labute approximate surface area is 483 Å². The molecule has 0 radical (unpaired) electrons. The first-order valence-electron chi connectivity index (χ1n) is 23.2. The molecule has 8 rings (SSSR count). The summed E-state index contributed by atoms with van der Waals surface area (Å²) in [4.78, 5) is 16.2. The average molecular weight is 1150 g/mol. The number of hydrogen-bond acceptors (Lipinski definition) is 15. The Morgan fingerprint density at radius 2 is 1.06 bits per heavy atom. The maximum atomic E-state index is 13.4. The van der Waals surface area contributed by atoms with Crippen molar-refractivity contribution in [2.45, 2.75) is 50.3 Å². The number of nitrogens with one attached hydrogen (secondary N) is 1. The van der Waals surface area contributed by atoms with Gasteiger partial charge in [0.15, 0.2) is 5.75 Å². The van der Waals surface area contributed by atoms with Gasteiger partial charge in [-0.15, -0.1) is 15.3 Å². The Balaban J connectivity index is 0.000000246. The summed E-state index contributed by atoms with van der Waals surface area (Å²) < 4.78 is 76.9. The summed E-state index contributed by atoms with van der Waals surface area (Å²) in [6, 6.07) is 35.5. The molecular weight excluding hydrogens is 1100 g/mol. The van der Waals surface area contributed by atoms with Gasteiger partial charge in [-0.2, -0.15) is 21.9 Å². The van der Waals surface area contributed by atoms with Crippen molar-refractivity contribution in [3.63, 3.8) is 0 Å². The number of aliphatic imine (C=N–C) groups is 1. The third-order valence-electron chi connectivity index (χ3n) is 11.4. The third kappa shape index (κ3) is 14.1. The summed E-state index contributed by atoms with van der Waals surface area (Å²) >= 11 is 12.5. The molecule has 18 nitrogen and oxygen atoms in total. The van der Waals surface area contributed by atoms with Crippen LogP contribution < -0.4 is 25.0 Å². The Morgan fingerprint density at radius 3 is 1.58 bits per heavy atom. The number of rotatable bonds is 16. The number of ether oxygens (including phenoxy) is 2. The van der Waals surface area contributed by atoms with E-state index < -0.39 is 53.3 Å². The number of carbonyl (C=O) groups excluding carboxylic acids is 1. The molecule has 0 aliphatic heterocycles. The van der Waals surface area contributed by atoms with Crippen LogP contribution >= 0.6 is 23.2 Å². The normalized spacial score (nSPS) is 11.9. The van der Waals surface area contributed by atoms with Gasteiger partial charge in [-0.25, -0.2) is 0 Å². The molecule has 0 spiro atoms. The number of anilines is 1. The number of nitrogens with zero attached hydrogens (tertiary/aromatic N) is 5. The van der Waals surface area contributed by atoms with Gasteiger partial charge in [0, 0.05) is 28.6 Å². The van der Waals surface area contributed by atoms with Crippen LogP contribution in [0.5, 0.6) is 23.0 Å². The average Bonchev–Trinajstić information content (AvgIpc) is 3.38. The summed E-state index contributed by atoms with van der Waals surface area (Å²) in [6.07, 6.45) is 0.860. The number of halogens is 2. The van der Waals surface area contributed by atoms with E-state index in [0.29, 0.717) is 81.6 Å². The monoisotopic (exact) mass is 1140 g/mol. The SMILES string of the molecule is CCOc1cccc(N=C([O-])c2cc3ccccc3c(N=Nc3c(CC)ccc(S(=O)(=O)O)c3Cl)c2[O-])c1.CCOc1cccc(NC(=O)c2cc3ccccc3c(N=Nc3c(CC)ccc(S(=O)(=O)O)c3Cl)c2O)c1.[Ca+2]. The van der Waals surface area contributed by atoms with Crippen LogP contribution in [0.3, 0.4) is 0 Å². The van der Waals surface area contributed by atoms with E-state index in [-0.39, 0.29) is 81.7 Å². The van der Waals surface area contributed by atoms with Gasteiger partial charge in [-0.3, -0.25) is 18.9 Å². The second-order valence-electron chi connectivity index (χ2n) is 16.3. The smallest absolute Gasteiger partial charge is 0.871 e. The number of benzene rings is 8. The molecule has 4 N–H and O–H groups in total. The molecule has 0 saturated heterocycles. The molecule has 0 aliphatic carbocycles. The molecule has 77 heavy (non-hydrogen) atoms. The molecule has 0 fully saturated rings. The Bertz CT molecular complexity index is 3860. The molecule has 8 aromatic carbocycles. The van der Waals surface area contributed by atoms with Crippen molar-refractivity contribution in [3.8, 4) is 23.0 Å². The van der Waals surface area contributed by atoms with Crippen LogP contribution in [-0.4, -0.2) is 93.8 Å². The van der Waals surface area contributed by atoms with E-state index in [4.69, 9.17) is 32.7 Å². The first-order valence-corrected chi connectivity index (χ1v) is 26.8. The molecule has 1 amide bonds. The number of aromatic hydroxyl groups is 1. The Morgan fingerprint density at radius 1 is 0.597 bits per heavy atom. The first-order chi connectivity index (χ1) is 36.3. The number of azo groups is 2. The summed E-state index contributed by atoms with van der Waals surface area (Å²) in [5.41, 5.74) is 1.50. The fourth-order valence-electron chi connectivity index (χ4n) is 7.73. The standard InChI is InChI=1S/2C27H24ClN3O6S.Ca/c2*1-3-16-12-13-22(38(34,35)36)23(28)24(16)30-31-25-20-11-6-5-8-17(20)14-21(26(25)32)27(33)29-18-9-7-10-19(15-18)37-4-2;/h2*5-15,32H,3-4H2,1-2H3,(H,29,33)(H,34,35,36);/q;;+2/p-2. The predicted molar refractivity (Wildman–Crippen MR) is 294 cm³/mol. The summed E-state index contributed by atoms with van der Waals surface area (Å²) in [5.74, 6) is -1.37. The second-order valence-corrected chi connectivity index (χ2v) is 19.8. The van der Waals surface area contributed by atoms with Gasteiger partial charge in [0.2, 0.25) is 0 Å². The number of amides is 1. The number of phenols is 1. The molecule has 0 unspecified atom stereocenters. The molecule has 8 aromatic rings. The van der Waals surface area contributed by atoms with Crippen LogP contribution in [0.25, 0.3) is 21.5 Å². The van der Waals surface area contributed by atoms with Gasteiger partial charge in [0.25, 0.3) is 26.1 Å². The van der Waals surface area contributed by atoms with Gasteiger partial charge in [-0.1, -0.05) is 116 Å². The fourth-order valence-corrected chi connectivity index (χ4v) is 9.89. The van der Waals surface area contributed by atoms with E-state index in [1.54, 1.807) is 104 Å². The van der Waals surface area contributed by atoms with Crippen LogP contribution in [0, 0.1) is 0 Å². The minimum Gasteiger partial charge on any atom is -0.871 e. The predicted octanol–water partition coefficient (Wildman–Crippen LogP) is 12.3. The molecule has 0 aliphatic rings. The van der Waals surface area contributed by atoms with E-state index in [1.807, 2.05) is 20.8 Å². The molecule has 0 aromatic heterocycles. The molecule has 0 atom stereocenters. The first kappa shape index (κ1) is 59.5. The van der Waals surface area contributed by atoms with E-state index in [1.165, 1.54) is 36.4 Å². The van der Waals surface area contributed by atoms with Gasteiger partial charge in [-0.05, 0) is 109 Å². The van der Waals surface area contributed by atoms with Gasteiger partial charge >= 0.3 is 37.7 Å². The van der Waals surface area contributed by atoms with E-state index in [2.05, 4.69) is 30.8 Å². The maximum absolute atomic E-state index is 13.4. The third-order valence-corrected chi connectivity index (χ3v) is 14.1. The Kier molecular flexibility index (Phi) is 20.2.